The summed E-state index contributed by atoms with van der Waals surface area (Å²) in [4.78, 5) is 2.63. The molecular formula is C14H29N3O2S. The molecule has 0 aromatic heterocycles. The van der Waals surface area contributed by atoms with E-state index in [1.165, 1.54) is 45.0 Å². The zero-order valence-electron chi connectivity index (χ0n) is 12.8. The van der Waals surface area contributed by atoms with Crippen molar-refractivity contribution in [3.8, 4) is 0 Å². The number of fused-ring (bicyclic) bond motifs is 1. The van der Waals surface area contributed by atoms with Gasteiger partial charge in [0.1, 0.15) is 0 Å². The van der Waals surface area contributed by atoms with Gasteiger partial charge in [0.05, 0.1) is 6.26 Å². The van der Waals surface area contributed by atoms with Crippen LogP contribution in [0.2, 0.25) is 0 Å². The predicted octanol–water partition coefficient (Wildman–Crippen LogP) is 0.874. The van der Waals surface area contributed by atoms with Crippen LogP contribution >= 0.6 is 0 Å². The molecule has 2 unspecified atom stereocenters. The lowest BCUT2D eigenvalue weighted by molar-refractivity contribution is 0.167. The minimum Gasteiger partial charge on any atom is -0.314 e. The van der Waals surface area contributed by atoms with E-state index in [1.54, 1.807) is 4.31 Å². The fourth-order valence-electron chi connectivity index (χ4n) is 3.53. The molecule has 0 spiro atoms. The summed E-state index contributed by atoms with van der Waals surface area (Å²) in [7, 11) is -3.03. The van der Waals surface area contributed by atoms with Gasteiger partial charge in [-0.1, -0.05) is 6.92 Å². The maximum absolute atomic E-state index is 11.5. The monoisotopic (exact) mass is 303 g/mol. The highest BCUT2D eigenvalue weighted by molar-refractivity contribution is 7.88. The van der Waals surface area contributed by atoms with Crippen LogP contribution in [-0.2, 0) is 10.0 Å². The molecule has 0 bridgehead atoms. The van der Waals surface area contributed by atoms with Gasteiger partial charge in [-0.25, -0.2) is 12.7 Å². The van der Waals surface area contributed by atoms with Gasteiger partial charge in [0.25, 0.3) is 0 Å². The highest BCUT2D eigenvalue weighted by Crippen LogP contribution is 2.26. The van der Waals surface area contributed by atoms with Crippen molar-refractivity contribution < 1.29 is 8.42 Å². The van der Waals surface area contributed by atoms with Gasteiger partial charge in [0, 0.05) is 25.2 Å². The van der Waals surface area contributed by atoms with Crippen LogP contribution in [0.5, 0.6) is 0 Å². The van der Waals surface area contributed by atoms with Gasteiger partial charge >= 0.3 is 0 Å². The van der Waals surface area contributed by atoms with Crippen molar-refractivity contribution in [2.24, 2.45) is 0 Å². The van der Waals surface area contributed by atoms with E-state index >= 15 is 0 Å². The minimum absolute atomic E-state index is 0.569. The van der Waals surface area contributed by atoms with Crippen molar-refractivity contribution >= 4 is 10.0 Å². The largest absolute Gasteiger partial charge is 0.314 e. The second kappa shape index (κ2) is 7.20. The topological polar surface area (TPSA) is 52.6 Å². The Morgan fingerprint density at radius 3 is 2.80 bits per heavy atom. The number of rotatable bonds is 7. The van der Waals surface area contributed by atoms with E-state index in [0.717, 1.165) is 19.0 Å². The van der Waals surface area contributed by atoms with Gasteiger partial charge in [-0.3, -0.25) is 0 Å². The lowest BCUT2D eigenvalue weighted by Crippen LogP contribution is -2.46. The molecule has 5 nitrogen and oxygen atoms in total. The molecule has 0 aromatic carbocycles. The van der Waals surface area contributed by atoms with Gasteiger partial charge in [0.15, 0.2) is 0 Å². The molecule has 0 amide bonds. The third kappa shape index (κ3) is 4.41. The average Bonchev–Trinajstić information content (AvgIpc) is 2.84. The van der Waals surface area contributed by atoms with Crippen LogP contribution in [0.15, 0.2) is 0 Å². The summed E-state index contributed by atoms with van der Waals surface area (Å²) in [5.74, 6) is 0. The summed E-state index contributed by atoms with van der Waals surface area (Å²) in [6, 6.07) is 1.42. The van der Waals surface area contributed by atoms with Crippen molar-refractivity contribution in [1.29, 1.82) is 0 Å². The van der Waals surface area contributed by atoms with Crippen LogP contribution < -0.4 is 5.32 Å². The van der Waals surface area contributed by atoms with E-state index in [-0.39, 0.29) is 0 Å². The first-order valence-electron chi connectivity index (χ1n) is 7.93. The van der Waals surface area contributed by atoms with Crippen molar-refractivity contribution in [2.75, 3.05) is 39.0 Å². The smallest absolute Gasteiger partial charge is 0.211 e. The highest BCUT2D eigenvalue weighted by Gasteiger charge is 2.31. The first-order valence-corrected chi connectivity index (χ1v) is 9.78. The number of nitrogens with zero attached hydrogens (tertiary/aromatic N) is 2. The van der Waals surface area contributed by atoms with Gasteiger partial charge < -0.3 is 10.2 Å². The van der Waals surface area contributed by atoms with Crippen LogP contribution in [0.25, 0.3) is 0 Å². The van der Waals surface area contributed by atoms with Crippen LogP contribution in [-0.4, -0.2) is 68.7 Å². The van der Waals surface area contributed by atoms with Gasteiger partial charge in [-0.05, 0) is 51.7 Å². The number of hydrogen-bond donors (Lipinski definition) is 1. The lowest BCUT2D eigenvalue weighted by Gasteiger charge is -2.35. The molecule has 2 rings (SSSR count). The highest BCUT2D eigenvalue weighted by atomic mass is 32.2. The Bertz CT molecular complexity index is 399. The zero-order chi connectivity index (χ0) is 14.6. The second-order valence-electron chi connectivity index (χ2n) is 6.12. The molecule has 2 aliphatic heterocycles. The maximum atomic E-state index is 11.5. The zero-order valence-corrected chi connectivity index (χ0v) is 13.7. The third-order valence-corrected chi connectivity index (χ3v) is 6.04. The molecule has 2 fully saturated rings. The first kappa shape index (κ1) is 16.2. The number of sulfonamides is 1. The standard InChI is InChI=1S/C14H29N3O2S/c1-3-17(20(2,18)19)10-5-8-15-13-7-11-16-9-4-6-14(16)12-13/h13-15H,3-12H2,1-2H3. The normalized spacial score (nSPS) is 27.9. The third-order valence-electron chi connectivity index (χ3n) is 4.66. The quantitative estimate of drug-likeness (QED) is 0.709. The molecule has 0 aromatic rings. The Hall–Kier alpha value is -0.170. The van der Waals surface area contributed by atoms with E-state index in [4.69, 9.17) is 0 Å². The molecule has 6 heteroatoms. The fourth-order valence-corrected chi connectivity index (χ4v) is 4.46. The molecular weight excluding hydrogens is 274 g/mol. The van der Waals surface area contributed by atoms with Gasteiger partial charge in [-0.15, -0.1) is 0 Å². The summed E-state index contributed by atoms with van der Waals surface area (Å²) in [5.41, 5.74) is 0. The fraction of sp³-hybridized carbons (Fsp3) is 1.00. The van der Waals surface area contributed by atoms with Crippen LogP contribution in [0.1, 0.15) is 39.0 Å². The minimum atomic E-state index is -3.03. The maximum Gasteiger partial charge on any atom is 0.211 e. The van der Waals surface area contributed by atoms with E-state index in [0.29, 0.717) is 19.1 Å². The van der Waals surface area contributed by atoms with Crippen LogP contribution in [0, 0.1) is 0 Å². The summed E-state index contributed by atoms with van der Waals surface area (Å²) in [5, 5.41) is 3.62. The average molecular weight is 303 g/mol. The Kier molecular flexibility index (Phi) is 5.84. The molecule has 0 aliphatic carbocycles. The van der Waals surface area contributed by atoms with Crippen molar-refractivity contribution in [2.45, 2.75) is 51.1 Å². The molecule has 2 saturated heterocycles. The molecule has 2 atom stereocenters. The van der Waals surface area contributed by atoms with Crippen molar-refractivity contribution in [3.63, 3.8) is 0 Å². The number of hydrogen-bond acceptors (Lipinski definition) is 4. The molecule has 20 heavy (non-hydrogen) atoms. The Morgan fingerprint density at radius 2 is 2.10 bits per heavy atom. The Morgan fingerprint density at radius 1 is 1.30 bits per heavy atom. The van der Waals surface area contributed by atoms with Crippen LogP contribution in [0.4, 0.5) is 0 Å². The summed E-state index contributed by atoms with van der Waals surface area (Å²) >= 11 is 0. The van der Waals surface area contributed by atoms with Gasteiger partial charge in [0.2, 0.25) is 10.0 Å². The lowest BCUT2D eigenvalue weighted by atomic mass is 9.97. The van der Waals surface area contributed by atoms with E-state index < -0.39 is 10.0 Å². The number of piperidine rings is 1. The van der Waals surface area contributed by atoms with Crippen molar-refractivity contribution in [3.05, 3.63) is 0 Å². The van der Waals surface area contributed by atoms with E-state index in [1.807, 2.05) is 6.92 Å². The van der Waals surface area contributed by atoms with Gasteiger partial charge in [-0.2, -0.15) is 0 Å². The van der Waals surface area contributed by atoms with E-state index in [9.17, 15) is 8.42 Å². The SMILES string of the molecule is CCN(CCCNC1CCN2CCCC2C1)S(C)(=O)=O. The van der Waals surface area contributed by atoms with Crippen molar-refractivity contribution in [1.82, 2.24) is 14.5 Å². The molecule has 2 heterocycles. The second-order valence-corrected chi connectivity index (χ2v) is 8.10. The summed E-state index contributed by atoms with van der Waals surface area (Å²) in [6.45, 7) is 6.53. The Balaban J connectivity index is 1.64. The molecule has 1 N–H and O–H groups in total. The molecule has 0 saturated carbocycles. The predicted molar refractivity (Wildman–Crippen MR) is 82.3 cm³/mol. The first-order chi connectivity index (χ1) is 9.50. The van der Waals surface area contributed by atoms with Crippen LogP contribution in [0.3, 0.4) is 0 Å². The summed E-state index contributed by atoms with van der Waals surface area (Å²) in [6.07, 6.45) is 7.41. The van der Waals surface area contributed by atoms with E-state index in [2.05, 4.69) is 10.2 Å². The summed E-state index contributed by atoms with van der Waals surface area (Å²) < 4.78 is 24.5. The molecule has 0 radical (unpaired) electrons. The molecule has 118 valence electrons. The number of nitrogens with one attached hydrogen (secondary N) is 1. The molecule has 2 aliphatic rings. The Labute approximate surface area is 123 Å².